The van der Waals surface area contributed by atoms with Gasteiger partial charge in [-0.3, -0.25) is 4.79 Å². The predicted octanol–water partition coefficient (Wildman–Crippen LogP) is 4.54. The number of piperazine rings is 1. The summed E-state index contributed by atoms with van der Waals surface area (Å²) in [7, 11) is 0. The maximum Gasteiger partial charge on any atom is 0.254 e. The molecule has 1 aliphatic heterocycles. The van der Waals surface area contributed by atoms with Crippen molar-refractivity contribution in [1.82, 2.24) is 4.90 Å². The summed E-state index contributed by atoms with van der Waals surface area (Å²) in [6.07, 6.45) is 0. The normalized spacial score (nSPS) is 14.5. The van der Waals surface area contributed by atoms with Crippen LogP contribution in [0.1, 0.15) is 10.4 Å². The molecule has 1 heterocycles. The smallest absolute Gasteiger partial charge is 0.254 e. The van der Waals surface area contributed by atoms with Gasteiger partial charge in [0.2, 0.25) is 0 Å². The van der Waals surface area contributed by atoms with Gasteiger partial charge in [0.05, 0.1) is 11.6 Å². The Hall–Kier alpha value is -3.31. The minimum atomic E-state index is 0.0836. The van der Waals surface area contributed by atoms with Crippen LogP contribution in [0.4, 0.5) is 11.4 Å². The molecule has 4 rings (SSSR count). The van der Waals surface area contributed by atoms with Crippen molar-refractivity contribution in [3.05, 3.63) is 84.4 Å². The van der Waals surface area contributed by atoms with Gasteiger partial charge in [-0.15, -0.1) is 11.6 Å². The van der Waals surface area contributed by atoms with Crippen molar-refractivity contribution in [2.24, 2.45) is 10.7 Å². The standard InChI is InChI=1S/C25H25ClN4O/c26-18-24(27)28-20-10-12-21(13-11-20)29-14-16-30(17-15-29)25(31)23-9-5-4-8-22(23)19-6-2-1-3-7-19/h1-13H,14-18H2,(H2,27,28). The lowest BCUT2D eigenvalue weighted by Gasteiger charge is -2.36. The van der Waals surface area contributed by atoms with E-state index in [0.717, 1.165) is 41.2 Å². The zero-order chi connectivity index (χ0) is 21.6. The molecule has 1 aliphatic rings. The highest BCUT2D eigenvalue weighted by molar-refractivity contribution is 6.28. The van der Waals surface area contributed by atoms with Gasteiger partial charge in [-0.2, -0.15) is 0 Å². The highest BCUT2D eigenvalue weighted by Gasteiger charge is 2.24. The van der Waals surface area contributed by atoms with Crippen LogP contribution in [-0.2, 0) is 0 Å². The molecule has 0 bridgehead atoms. The number of carbonyl (C=O) groups excluding carboxylic acids is 1. The quantitative estimate of drug-likeness (QED) is 0.365. The number of amidine groups is 1. The van der Waals surface area contributed by atoms with E-state index >= 15 is 0 Å². The van der Waals surface area contributed by atoms with Gasteiger partial charge in [0, 0.05) is 37.4 Å². The van der Waals surface area contributed by atoms with Crippen LogP contribution in [0.3, 0.4) is 0 Å². The summed E-state index contributed by atoms with van der Waals surface area (Å²) in [6, 6.07) is 25.8. The van der Waals surface area contributed by atoms with Crippen LogP contribution in [0, 0.1) is 0 Å². The molecule has 0 atom stereocenters. The molecule has 0 aliphatic carbocycles. The molecule has 0 unspecified atom stereocenters. The lowest BCUT2D eigenvalue weighted by Crippen LogP contribution is -2.48. The van der Waals surface area contributed by atoms with Crippen molar-refractivity contribution in [3.63, 3.8) is 0 Å². The van der Waals surface area contributed by atoms with Gasteiger partial charge in [0.15, 0.2) is 0 Å². The van der Waals surface area contributed by atoms with Crippen molar-refractivity contribution in [1.29, 1.82) is 0 Å². The Morgan fingerprint density at radius 1 is 0.871 bits per heavy atom. The molecular weight excluding hydrogens is 408 g/mol. The van der Waals surface area contributed by atoms with Gasteiger partial charge in [0.1, 0.15) is 5.84 Å². The molecule has 0 aromatic heterocycles. The van der Waals surface area contributed by atoms with Crippen molar-refractivity contribution < 1.29 is 4.79 Å². The SMILES string of the molecule is NC(CCl)=Nc1ccc(N2CCN(C(=O)c3ccccc3-c3ccccc3)CC2)cc1. The number of hydrogen-bond acceptors (Lipinski definition) is 3. The fourth-order valence-electron chi connectivity index (χ4n) is 3.81. The summed E-state index contributed by atoms with van der Waals surface area (Å²) in [5, 5.41) is 0. The Balaban J connectivity index is 1.43. The highest BCUT2D eigenvalue weighted by atomic mass is 35.5. The number of rotatable bonds is 5. The summed E-state index contributed by atoms with van der Waals surface area (Å²) in [6.45, 7) is 2.93. The molecule has 0 radical (unpaired) electrons. The maximum absolute atomic E-state index is 13.3. The Morgan fingerprint density at radius 3 is 2.19 bits per heavy atom. The molecule has 3 aromatic rings. The van der Waals surface area contributed by atoms with Gasteiger partial charge in [-0.25, -0.2) is 4.99 Å². The monoisotopic (exact) mass is 432 g/mol. The number of halogens is 1. The molecule has 2 N–H and O–H groups in total. The number of amides is 1. The number of hydrogen-bond donors (Lipinski definition) is 1. The predicted molar refractivity (Wildman–Crippen MR) is 128 cm³/mol. The van der Waals surface area contributed by atoms with Crippen LogP contribution in [-0.4, -0.2) is 48.7 Å². The van der Waals surface area contributed by atoms with Gasteiger partial charge < -0.3 is 15.5 Å². The molecule has 31 heavy (non-hydrogen) atoms. The third-order valence-electron chi connectivity index (χ3n) is 5.43. The zero-order valence-electron chi connectivity index (χ0n) is 17.2. The zero-order valence-corrected chi connectivity index (χ0v) is 18.0. The third kappa shape index (κ3) is 4.89. The summed E-state index contributed by atoms with van der Waals surface area (Å²) in [5.74, 6) is 0.697. The molecule has 1 saturated heterocycles. The number of anilines is 1. The van der Waals surface area contributed by atoms with Gasteiger partial charge in [-0.05, 0) is 41.5 Å². The molecule has 1 amide bonds. The summed E-state index contributed by atoms with van der Waals surface area (Å²) in [5.41, 5.74) is 10.4. The van der Waals surface area contributed by atoms with E-state index in [4.69, 9.17) is 17.3 Å². The Labute approximate surface area is 187 Å². The second kappa shape index (κ2) is 9.67. The highest BCUT2D eigenvalue weighted by Crippen LogP contribution is 2.26. The van der Waals surface area contributed by atoms with Crippen molar-refractivity contribution in [3.8, 4) is 11.1 Å². The van der Waals surface area contributed by atoms with E-state index in [1.807, 2.05) is 83.8 Å². The number of benzene rings is 3. The van der Waals surface area contributed by atoms with Crippen molar-refractivity contribution in [2.75, 3.05) is 37.0 Å². The van der Waals surface area contributed by atoms with E-state index in [2.05, 4.69) is 9.89 Å². The van der Waals surface area contributed by atoms with Crippen molar-refractivity contribution >= 4 is 34.7 Å². The lowest BCUT2D eigenvalue weighted by molar-refractivity contribution is 0.0747. The van der Waals surface area contributed by atoms with Crippen LogP contribution in [0.15, 0.2) is 83.9 Å². The first kappa shape index (κ1) is 20.9. The third-order valence-corrected chi connectivity index (χ3v) is 5.71. The maximum atomic E-state index is 13.3. The summed E-state index contributed by atoms with van der Waals surface area (Å²) in [4.78, 5) is 21.8. The molecule has 3 aromatic carbocycles. The van der Waals surface area contributed by atoms with Crippen LogP contribution >= 0.6 is 11.6 Å². The second-order valence-electron chi connectivity index (χ2n) is 7.44. The van der Waals surface area contributed by atoms with Crippen LogP contribution in [0.2, 0.25) is 0 Å². The largest absolute Gasteiger partial charge is 0.386 e. The fraction of sp³-hybridized carbons (Fsp3) is 0.200. The molecule has 0 saturated carbocycles. The molecule has 6 heteroatoms. The first-order valence-electron chi connectivity index (χ1n) is 10.3. The van der Waals surface area contributed by atoms with E-state index in [1.165, 1.54) is 0 Å². The fourth-order valence-corrected chi connectivity index (χ4v) is 3.87. The van der Waals surface area contributed by atoms with Crippen molar-refractivity contribution in [2.45, 2.75) is 0 Å². The Morgan fingerprint density at radius 2 is 1.52 bits per heavy atom. The van der Waals surface area contributed by atoms with Crippen LogP contribution < -0.4 is 10.6 Å². The number of nitrogens with two attached hydrogens (primary N) is 1. The van der Waals surface area contributed by atoms with E-state index in [-0.39, 0.29) is 11.8 Å². The second-order valence-corrected chi connectivity index (χ2v) is 7.71. The minimum Gasteiger partial charge on any atom is -0.386 e. The number of alkyl halides is 1. The topological polar surface area (TPSA) is 61.9 Å². The average molecular weight is 433 g/mol. The van der Waals surface area contributed by atoms with E-state index < -0.39 is 0 Å². The van der Waals surface area contributed by atoms with E-state index in [9.17, 15) is 4.79 Å². The minimum absolute atomic E-state index is 0.0836. The van der Waals surface area contributed by atoms with E-state index in [0.29, 0.717) is 18.9 Å². The van der Waals surface area contributed by atoms with Crippen LogP contribution in [0.25, 0.3) is 11.1 Å². The first-order chi connectivity index (χ1) is 15.2. The molecule has 5 nitrogen and oxygen atoms in total. The first-order valence-corrected chi connectivity index (χ1v) is 10.9. The Kier molecular flexibility index (Phi) is 6.53. The van der Waals surface area contributed by atoms with E-state index in [1.54, 1.807) is 0 Å². The summed E-state index contributed by atoms with van der Waals surface area (Å²) >= 11 is 5.69. The molecule has 0 spiro atoms. The summed E-state index contributed by atoms with van der Waals surface area (Å²) < 4.78 is 0. The number of carbonyl (C=O) groups is 1. The molecular formula is C25H25ClN4O. The van der Waals surface area contributed by atoms with Crippen LogP contribution in [0.5, 0.6) is 0 Å². The average Bonchev–Trinajstić information content (AvgIpc) is 2.84. The molecule has 158 valence electrons. The van der Waals surface area contributed by atoms with Gasteiger partial charge >= 0.3 is 0 Å². The lowest BCUT2D eigenvalue weighted by atomic mass is 9.98. The number of aliphatic imine (C=N–C) groups is 1. The number of nitrogens with zero attached hydrogens (tertiary/aromatic N) is 3. The molecule has 1 fully saturated rings. The Bertz CT molecular complexity index is 1060. The van der Waals surface area contributed by atoms with Gasteiger partial charge in [0.25, 0.3) is 5.91 Å². The van der Waals surface area contributed by atoms with Gasteiger partial charge in [-0.1, -0.05) is 48.5 Å².